The van der Waals surface area contributed by atoms with E-state index in [1.165, 1.54) is 20.8 Å². The molecule has 0 spiro atoms. The van der Waals surface area contributed by atoms with E-state index in [2.05, 4.69) is 4.98 Å². The Hall–Kier alpha value is -2.76. The van der Waals surface area contributed by atoms with Crippen LogP contribution in [0, 0.1) is 20.8 Å². The number of imide groups is 1. The van der Waals surface area contributed by atoms with E-state index >= 15 is 0 Å². The van der Waals surface area contributed by atoms with Crippen LogP contribution >= 0.6 is 0 Å². The molecule has 0 saturated carbocycles. The zero-order valence-corrected chi connectivity index (χ0v) is 14.7. The van der Waals surface area contributed by atoms with Crippen LogP contribution in [0.2, 0.25) is 0 Å². The molecule has 0 radical (unpaired) electrons. The van der Waals surface area contributed by atoms with Crippen LogP contribution in [-0.2, 0) is 14.4 Å². The molecule has 0 bridgehead atoms. The first-order valence-electron chi connectivity index (χ1n) is 7.54. The number of benzene rings is 1. The molecule has 0 aliphatic rings. The van der Waals surface area contributed by atoms with Crippen molar-refractivity contribution in [2.24, 2.45) is 0 Å². The van der Waals surface area contributed by atoms with Gasteiger partial charge < -0.3 is 4.74 Å². The van der Waals surface area contributed by atoms with Gasteiger partial charge in [-0.1, -0.05) is 0 Å². The normalized spacial score (nSPS) is 10.6. The Morgan fingerprint density at radius 1 is 1.00 bits per heavy atom. The SMILES string of the molecule is CC(=O)Oc1c(C)c(C)nc2c(C)cc(N(C(C)=O)C(C)=O)cc12. The zero-order valence-electron chi connectivity index (χ0n) is 14.7. The second-order valence-electron chi connectivity index (χ2n) is 5.78. The summed E-state index contributed by atoms with van der Waals surface area (Å²) in [5.41, 5.74) is 3.38. The van der Waals surface area contributed by atoms with Crippen molar-refractivity contribution in [1.29, 1.82) is 0 Å². The van der Waals surface area contributed by atoms with E-state index in [9.17, 15) is 14.4 Å². The highest BCUT2D eigenvalue weighted by atomic mass is 16.5. The zero-order chi connectivity index (χ0) is 18.2. The topological polar surface area (TPSA) is 76.6 Å². The van der Waals surface area contributed by atoms with E-state index in [-0.39, 0.29) is 11.8 Å². The first-order chi connectivity index (χ1) is 11.1. The number of carbonyl (C=O) groups excluding carboxylic acids is 3. The number of anilines is 1. The molecule has 126 valence electrons. The van der Waals surface area contributed by atoms with Gasteiger partial charge in [-0.15, -0.1) is 0 Å². The van der Waals surface area contributed by atoms with Crippen molar-refractivity contribution < 1.29 is 19.1 Å². The summed E-state index contributed by atoms with van der Waals surface area (Å²) in [6.45, 7) is 9.47. The Labute approximate surface area is 140 Å². The third kappa shape index (κ3) is 3.13. The summed E-state index contributed by atoms with van der Waals surface area (Å²) in [4.78, 5) is 40.8. The highest BCUT2D eigenvalue weighted by Gasteiger charge is 2.20. The number of aryl methyl sites for hydroxylation is 2. The van der Waals surface area contributed by atoms with Gasteiger partial charge in [0.1, 0.15) is 5.75 Å². The van der Waals surface area contributed by atoms with Crippen molar-refractivity contribution in [2.45, 2.75) is 41.5 Å². The van der Waals surface area contributed by atoms with Gasteiger partial charge in [-0.05, 0) is 38.5 Å². The van der Waals surface area contributed by atoms with E-state index in [1.807, 2.05) is 20.8 Å². The van der Waals surface area contributed by atoms with Crippen molar-refractivity contribution in [2.75, 3.05) is 4.90 Å². The van der Waals surface area contributed by atoms with Crippen LogP contribution in [0.1, 0.15) is 37.6 Å². The average molecular weight is 328 g/mol. The lowest BCUT2D eigenvalue weighted by Gasteiger charge is -2.20. The number of nitrogens with zero attached hydrogens (tertiary/aromatic N) is 2. The van der Waals surface area contributed by atoms with Gasteiger partial charge in [0.05, 0.1) is 11.2 Å². The summed E-state index contributed by atoms with van der Waals surface area (Å²) in [5.74, 6) is -0.802. The number of aromatic nitrogens is 1. The number of carbonyl (C=O) groups is 3. The Balaban J connectivity index is 2.85. The lowest BCUT2D eigenvalue weighted by molar-refractivity contribution is -0.132. The maximum Gasteiger partial charge on any atom is 0.308 e. The summed E-state index contributed by atoms with van der Waals surface area (Å²) in [5, 5.41) is 0.593. The second-order valence-corrected chi connectivity index (χ2v) is 5.78. The number of hydrogen-bond donors (Lipinski definition) is 0. The minimum Gasteiger partial charge on any atom is -0.426 e. The van der Waals surface area contributed by atoms with Gasteiger partial charge in [0.2, 0.25) is 11.8 Å². The van der Waals surface area contributed by atoms with Gasteiger partial charge in [0.25, 0.3) is 0 Å². The van der Waals surface area contributed by atoms with E-state index < -0.39 is 5.97 Å². The highest BCUT2D eigenvalue weighted by Crippen LogP contribution is 2.35. The van der Waals surface area contributed by atoms with Crippen molar-refractivity contribution in [1.82, 2.24) is 4.98 Å². The number of fused-ring (bicyclic) bond motifs is 1. The Morgan fingerprint density at radius 3 is 2.08 bits per heavy atom. The fraction of sp³-hybridized carbons (Fsp3) is 0.333. The largest absolute Gasteiger partial charge is 0.426 e. The molecule has 1 aromatic heterocycles. The third-order valence-electron chi connectivity index (χ3n) is 3.83. The minimum absolute atomic E-state index is 0.382. The minimum atomic E-state index is -0.442. The summed E-state index contributed by atoms with van der Waals surface area (Å²) in [7, 11) is 0. The molecule has 6 nitrogen and oxygen atoms in total. The fourth-order valence-electron chi connectivity index (χ4n) is 2.69. The number of esters is 1. The van der Waals surface area contributed by atoms with Crippen molar-refractivity contribution in [3.63, 3.8) is 0 Å². The fourth-order valence-corrected chi connectivity index (χ4v) is 2.69. The smallest absolute Gasteiger partial charge is 0.308 e. The standard InChI is InChI=1S/C18H20N2O4/c1-9-7-15(20(12(4)21)13(5)22)8-16-17(9)19-11(3)10(2)18(16)24-14(6)23/h7-8H,1-6H3. The van der Waals surface area contributed by atoms with Crippen LogP contribution in [0.25, 0.3) is 10.9 Å². The van der Waals surface area contributed by atoms with Crippen LogP contribution in [0.15, 0.2) is 12.1 Å². The van der Waals surface area contributed by atoms with Gasteiger partial charge in [-0.2, -0.15) is 0 Å². The van der Waals surface area contributed by atoms with Crippen molar-refractivity contribution in [3.8, 4) is 5.75 Å². The third-order valence-corrected chi connectivity index (χ3v) is 3.83. The molecule has 0 fully saturated rings. The molecule has 24 heavy (non-hydrogen) atoms. The molecule has 2 rings (SSSR count). The summed E-state index contributed by atoms with van der Waals surface area (Å²) in [6, 6.07) is 3.38. The molecular weight excluding hydrogens is 308 g/mol. The molecule has 6 heteroatoms. The van der Waals surface area contributed by atoms with Gasteiger partial charge in [0.15, 0.2) is 0 Å². The molecule has 2 aromatic rings. The molecule has 0 saturated heterocycles. The van der Waals surface area contributed by atoms with Crippen LogP contribution in [0.4, 0.5) is 5.69 Å². The Kier molecular flexibility index (Phi) is 4.68. The monoisotopic (exact) mass is 328 g/mol. The van der Waals surface area contributed by atoms with E-state index in [0.29, 0.717) is 22.3 Å². The molecule has 0 unspecified atom stereocenters. The molecule has 0 aliphatic heterocycles. The number of ether oxygens (including phenoxy) is 1. The number of hydrogen-bond acceptors (Lipinski definition) is 5. The van der Waals surface area contributed by atoms with Crippen LogP contribution in [0.5, 0.6) is 5.75 Å². The van der Waals surface area contributed by atoms with Gasteiger partial charge in [0, 0.05) is 37.4 Å². The lowest BCUT2D eigenvalue weighted by Crippen LogP contribution is -2.33. The Bertz CT molecular complexity index is 857. The quantitative estimate of drug-likeness (QED) is 0.792. The average Bonchev–Trinajstić information content (AvgIpc) is 2.44. The van der Waals surface area contributed by atoms with Crippen molar-refractivity contribution in [3.05, 3.63) is 29.0 Å². The maximum absolute atomic E-state index is 11.8. The van der Waals surface area contributed by atoms with E-state index in [0.717, 1.165) is 21.7 Å². The predicted molar refractivity (Wildman–Crippen MR) is 91.1 cm³/mol. The molecule has 2 amide bonds. The number of pyridine rings is 1. The van der Waals surface area contributed by atoms with Gasteiger partial charge >= 0.3 is 5.97 Å². The first kappa shape index (κ1) is 17.6. The first-order valence-corrected chi connectivity index (χ1v) is 7.54. The van der Waals surface area contributed by atoms with E-state index in [4.69, 9.17) is 4.74 Å². The number of rotatable bonds is 2. The van der Waals surface area contributed by atoms with Crippen molar-refractivity contribution >= 4 is 34.4 Å². The summed E-state index contributed by atoms with van der Waals surface area (Å²) < 4.78 is 5.38. The lowest BCUT2D eigenvalue weighted by atomic mass is 10.0. The van der Waals surface area contributed by atoms with Gasteiger partial charge in [-0.25, -0.2) is 0 Å². The van der Waals surface area contributed by atoms with E-state index in [1.54, 1.807) is 12.1 Å². The molecule has 1 heterocycles. The van der Waals surface area contributed by atoms with Crippen LogP contribution < -0.4 is 9.64 Å². The highest BCUT2D eigenvalue weighted by molar-refractivity contribution is 6.14. The predicted octanol–water partition coefficient (Wildman–Crippen LogP) is 2.98. The Morgan fingerprint density at radius 2 is 1.58 bits per heavy atom. The van der Waals surface area contributed by atoms with Crippen LogP contribution in [0.3, 0.4) is 0 Å². The molecule has 0 aliphatic carbocycles. The van der Waals surface area contributed by atoms with Crippen LogP contribution in [-0.4, -0.2) is 22.8 Å². The summed E-state index contributed by atoms with van der Waals surface area (Å²) in [6.07, 6.45) is 0. The van der Waals surface area contributed by atoms with Gasteiger partial charge in [-0.3, -0.25) is 24.3 Å². The molecule has 0 N–H and O–H groups in total. The molecular formula is C18H20N2O4. The molecule has 1 aromatic carbocycles. The maximum atomic E-state index is 11.8. The molecule has 0 atom stereocenters. The summed E-state index contributed by atoms with van der Waals surface area (Å²) >= 11 is 0. The second kappa shape index (κ2) is 6.39. The number of amides is 2.